The van der Waals surface area contributed by atoms with E-state index in [1.54, 1.807) is 5.01 Å². The first kappa shape index (κ1) is 23.9. The highest BCUT2D eigenvalue weighted by Crippen LogP contribution is 2.40. The molecule has 0 spiro atoms. The SMILES string of the molecule is CC1CC(CN2NC(=NCCN(C)C)C3CCC(S(=O)(=O)NC4(C)CC4)CC3C2=O)ON1. The van der Waals surface area contributed by atoms with Gasteiger partial charge >= 0.3 is 0 Å². The van der Waals surface area contributed by atoms with Crippen LogP contribution in [0.2, 0.25) is 0 Å². The first-order valence-corrected chi connectivity index (χ1v) is 13.3. The molecule has 2 aliphatic heterocycles. The van der Waals surface area contributed by atoms with Gasteiger partial charge in [0.25, 0.3) is 0 Å². The quantitative estimate of drug-likeness (QED) is 0.465. The van der Waals surface area contributed by atoms with Crippen LogP contribution in [-0.2, 0) is 19.7 Å². The largest absolute Gasteiger partial charge is 0.308 e. The van der Waals surface area contributed by atoms with Crippen LogP contribution in [0.1, 0.15) is 52.4 Å². The number of hydrogen-bond donors (Lipinski definition) is 3. The van der Waals surface area contributed by atoms with Gasteiger partial charge in [-0.1, -0.05) is 0 Å². The van der Waals surface area contributed by atoms with Crippen molar-refractivity contribution in [1.29, 1.82) is 0 Å². The zero-order valence-electron chi connectivity index (χ0n) is 19.6. The molecule has 10 nitrogen and oxygen atoms in total. The predicted octanol–water partition coefficient (Wildman–Crippen LogP) is 0.232. The maximum absolute atomic E-state index is 13.4. The van der Waals surface area contributed by atoms with Gasteiger partial charge in [0, 0.05) is 24.0 Å². The van der Waals surface area contributed by atoms with E-state index < -0.39 is 15.3 Å². The molecule has 2 saturated heterocycles. The summed E-state index contributed by atoms with van der Waals surface area (Å²) in [5, 5.41) is 1.06. The van der Waals surface area contributed by atoms with Crippen molar-refractivity contribution in [3.63, 3.8) is 0 Å². The minimum atomic E-state index is -3.47. The molecule has 0 aromatic heterocycles. The Kier molecular flexibility index (Phi) is 6.84. The van der Waals surface area contributed by atoms with Crippen molar-refractivity contribution >= 4 is 21.8 Å². The van der Waals surface area contributed by atoms with Crippen molar-refractivity contribution < 1.29 is 18.0 Å². The number of rotatable bonds is 8. The third-order valence-electron chi connectivity index (χ3n) is 7.08. The number of fused-ring (bicyclic) bond motifs is 1. The number of hydrazine groups is 1. The normalized spacial score (nSPS) is 35.8. The molecule has 11 heteroatoms. The molecule has 182 valence electrons. The fourth-order valence-electron chi connectivity index (χ4n) is 4.88. The summed E-state index contributed by atoms with van der Waals surface area (Å²) >= 11 is 0. The average molecular weight is 471 g/mol. The summed E-state index contributed by atoms with van der Waals surface area (Å²) in [4.78, 5) is 25.9. The third kappa shape index (κ3) is 5.44. The van der Waals surface area contributed by atoms with E-state index in [1.165, 1.54) is 0 Å². The fraction of sp³-hybridized carbons (Fsp3) is 0.905. The highest BCUT2D eigenvalue weighted by atomic mass is 32.2. The van der Waals surface area contributed by atoms with Crippen LogP contribution < -0.4 is 15.6 Å². The van der Waals surface area contributed by atoms with Gasteiger partial charge in [0.15, 0.2) is 0 Å². The lowest BCUT2D eigenvalue weighted by molar-refractivity contribution is -0.144. The van der Waals surface area contributed by atoms with Gasteiger partial charge in [0.1, 0.15) is 11.9 Å². The van der Waals surface area contributed by atoms with Gasteiger partial charge in [-0.3, -0.25) is 25.1 Å². The first-order chi connectivity index (χ1) is 15.1. The van der Waals surface area contributed by atoms with Crippen molar-refractivity contribution in [1.82, 2.24) is 25.5 Å². The topological polar surface area (TPSA) is 115 Å². The Bertz CT molecular complexity index is 843. The summed E-state index contributed by atoms with van der Waals surface area (Å²) < 4.78 is 29.0. The van der Waals surface area contributed by atoms with Crippen LogP contribution in [0.3, 0.4) is 0 Å². The molecule has 2 aliphatic carbocycles. The second-order valence-electron chi connectivity index (χ2n) is 10.5. The minimum Gasteiger partial charge on any atom is -0.308 e. The predicted molar refractivity (Wildman–Crippen MR) is 122 cm³/mol. The molecule has 3 N–H and O–H groups in total. The molecule has 2 saturated carbocycles. The Hall–Kier alpha value is -1.27. The van der Waals surface area contributed by atoms with E-state index in [9.17, 15) is 13.2 Å². The fourth-order valence-corrected chi connectivity index (χ4v) is 6.85. The zero-order valence-corrected chi connectivity index (χ0v) is 20.5. The van der Waals surface area contributed by atoms with E-state index in [1.807, 2.05) is 27.9 Å². The minimum absolute atomic E-state index is 0.0535. The number of amidine groups is 1. The molecule has 0 aromatic carbocycles. The van der Waals surface area contributed by atoms with E-state index in [4.69, 9.17) is 9.83 Å². The number of aliphatic imine (C=N–C) groups is 1. The number of likely N-dealkylation sites (N-methyl/N-ethyl adjacent to an activating group) is 1. The molecule has 1 amide bonds. The lowest BCUT2D eigenvalue weighted by Gasteiger charge is -2.44. The zero-order chi connectivity index (χ0) is 23.1. The number of carbonyl (C=O) groups is 1. The van der Waals surface area contributed by atoms with Crippen molar-refractivity contribution in [2.75, 3.05) is 33.7 Å². The highest BCUT2D eigenvalue weighted by Gasteiger charge is 2.49. The molecular weight excluding hydrogens is 432 g/mol. The standard InChI is InChI=1S/C21H38N6O4S/c1-14-11-15(31-24-14)13-27-20(28)18-12-16(32(29,30)25-21(2)7-8-21)5-6-17(18)19(23-27)22-9-10-26(3)4/h14-18,24-25H,5-13H2,1-4H3,(H,22,23). The van der Waals surface area contributed by atoms with Crippen LogP contribution in [0.4, 0.5) is 0 Å². The molecule has 0 radical (unpaired) electrons. The van der Waals surface area contributed by atoms with Gasteiger partial charge in [0.05, 0.1) is 24.3 Å². The molecule has 32 heavy (non-hydrogen) atoms. The Morgan fingerprint density at radius 1 is 1.25 bits per heavy atom. The lowest BCUT2D eigenvalue weighted by atomic mass is 9.76. The van der Waals surface area contributed by atoms with Crippen molar-refractivity contribution in [3.8, 4) is 0 Å². The van der Waals surface area contributed by atoms with Gasteiger partial charge in [-0.25, -0.2) is 13.1 Å². The van der Waals surface area contributed by atoms with Crippen LogP contribution in [-0.4, -0.2) is 86.7 Å². The maximum Gasteiger partial charge on any atom is 0.244 e. The Labute approximate surface area is 191 Å². The van der Waals surface area contributed by atoms with Crippen LogP contribution in [0.25, 0.3) is 0 Å². The molecular formula is C21H38N6O4S. The number of hydrogen-bond acceptors (Lipinski definition) is 7. The van der Waals surface area contributed by atoms with E-state index >= 15 is 0 Å². The summed E-state index contributed by atoms with van der Waals surface area (Å²) in [5.41, 5.74) is 5.91. The summed E-state index contributed by atoms with van der Waals surface area (Å²) in [6.45, 7) is 5.82. The van der Waals surface area contributed by atoms with Crippen LogP contribution >= 0.6 is 0 Å². The van der Waals surface area contributed by atoms with Gasteiger partial charge in [-0.15, -0.1) is 0 Å². The monoisotopic (exact) mass is 470 g/mol. The summed E-state index contributed by atoms with van der Waals surface area (Å²) in [5.74, 6) is 0.296. The molecule has 4 aliphatic rings. The number of nitrogens with one attached hydrogen (secondary N) is 3. The smallest absolute Gasteiger partial charge is 0.244 e. The van der Waals surface area contributed by atoms with Crippen LogP contribution in [0.15, 0.2) is 4.99 Å². The summed E-state index contributed by atoms with van der Waals surface area (Å²) in [6.07, 6.45) is 3.96. The summed E-state index contributed by atoms with van der Waals surface area (Å²) in [7, 11) is 0.537. The van der Waals surface area contributed by atoms with Crippen LogP contribution in [0.5, 0.6) is 0 Å². The number of amides is 1. The molecule has 0 bridgehead atoms. The van der Waals surface area contributed by atoms with Crippen molar-refractivity contribution in [2.24, 2.45) is 16.8 Å². The van der Waals surface area contributed by atoms with E-state index in [2.05, 4.69) is 20.5 Å². The van der Waals surface area contributed by atoms with Crippen molar-refractivity contribution in [3.05, 3.63) is 0 Å². The second-order valence-corrected chi connectivity index (χ2v) is 12.4. The molecule has 2 heterocycles. The second kappa shape index (κ2) is 9.17. The Morgan fingerprint density at radius 2 is 2.00 bits per heavy atom. The Balaban J connectivity index is 1.50. The molecule has 4 fully saturated rings. The van der Waals surface area contributed by atoms with E-state index in [-0.39, 0.29) is 35.4 Å². The highest BCUT2D eigenvalue weighted by molar-refractivity contribution is 7.90. The van der Waals surface area contributed by atoms with Gasteiger partial charge in [0.2, 0.25) is 15.9 Å². The number of hydroxylamine groups is 1. The van der Waals surface area contributed by atoms with E-state index in [0.29, 0.717) is 32.4 Å². The third-order valence-corrected chi connectivity index (χ3v) is 9.16. The van der Waals surface area contributed by atoms with Gasteiger partial charge < -0.3 is 4.90 Å². The lowest BCUT2D eigenvalue weighted by Crippen LogP contribution is -2.62. The van der Waals surface area contributed by atoms with Crippen LogP contribution in [0, 0.1) is 11.8 Å². The Morgan fingerprint density at radius 3 is 2.62 bits per heavy atom. The molecule has 4 rings (SSSR count). The van der Waals surface area contributed by atoms with E-state index in [0.717, 1.165) is 31.6 Å². The number of carbonyl (C=O) groups excluding carboxylic acids is 1. The van der Waals surface area contributed by atoms with Gasteiger partial charge in [-0.2, -0.15) is 5.48 Å². The number of sulfonamides is 1. The maximum atomic E-state index is 13.4. The average Bonchev–Trinajstić information content (AvgIpc) is 3.29. The van der Waals surface area contributed by atoms with Gasteiger partial charge in [-0.05, 0) is 66.5 Å². The molecule has 5 unspecified atom stereocenters. The molecule has 0 aromatic rings. The first-order valence-electron chi connectivity index (χ1n) is 11.8. The summed E-state index contributed by atoms with van der Waals surface area (Å²) in [6, 6.07) is 0.236. The molecule has 5 atom stereocenters. The number of nitrogens with zero attached hydrogens (tertiary/aromatic N) is 3. The van der Waals surface area contributed by atoms with Crippen molar-refractivity contribution in [2.45, 2.75) is 75.3 Å².